The molecule has 0 saturated carbocycles. The Balaban J connectivity index is 1.74. The molecule has 1 heterocycles. The summed E-state index contributed by atoms with van der Waals surface area (Å²) in [6, 6.07) is 9.86. The number of carbonyl (C=O) groups excluding carboxylic acids is 1. The maximum Gasteiger partial charge on any atom is 0.220 e. The van der Waals surface area contributed by atoms with E-state index in [1.165, 1.54) is 5.56 Å². The Bertz CT molecular complexity index is 686. The molecular formula is C19H25N3O2. The third-order valence-electron chi connectivity index (χ3n) is 3.81. The van der Waals surface area contributed by atoms with Gasteiger partial charge in [0.1, 0.15) is 11.6 Å². The van der Waals surface area contributed by atoms with Gasteiger partial charge in [0.25, 0.3) is 0 Å². The molecule has 0 spiro atoms. The number of hydrogen-bond acceptors (Lipinski definition) is 4. The summed E-state index contributed by atoms with van der Waals surface area (Å²) in [7, 11) is 0. The van der Waals surface area contributed by atoms with E-state index < -0.39 is 0 Å². The van der Waals surface area contributed by atoms with Gasteiger partial charge in [0, 0.05) is 24.7 Å². The fourth-order valence-corrected chi connectivity index (χ4v) is 2.52. The number of benzene rings is 1. The average molecular weight is 327 g/mol. The second kappa shape index (κ2) is 8.91. The van der Waals surface area contributed by atoms with E-state index in [-0.39, 0.29) is 5.91 Å². The number of aryl methyl sites for hydroxylation is 2. The van der Waals surface area contributed by atoms with Gasteiger partial charge < -0.3 is 15.8 Å². The number of rotatable bonds is 8. The van der Waals surface area contributed by atoms with Crippen molar-refractivity contribution in [2.24, 2.45) is 0 Å². The van der Waals surface area contributed by atoms with E-state index >= 15 is 0 Å². The summed E-state index contributed by atoms with van der Waals surface area (Å²) < 4.78 is 5.54. The number of nitrogen functional groups attached to an aromatic ring is 1. The molecule has 0 aliphatic heterocycles. The quantitative estimate of drug-likeness (QED) is 0.781. The van der Waals surface area contributed by atoms with Gasteiger partial charge >= 0.3 is 0 Å². The minimum atomic E-state index is 0.0286. The third kappa shape index (κ3) is 5.26. The van der Waals surface area contributed by atoms with Crippen molar-refractivity contribution in [1.29, 1.82) is 0 Å². The lowest BCUT2D eigenvalue weighted by Crippen LogP contribution is -2.23. The van der Waals surface area contributed by atoms with Crippen LogP contribution < -0.4 is 15.8 Å². The third-order valence-corrected chi connectivity index (χ3v) is 3.81. The molecule has 0 atom stereocenters. The number of ether oxygens (including phenoxy) is 1. The second-order valence-electron chi connectivity index (χ2n) is 5.71. The molecule has 0 fully saturated rings. The van der Waals surface area contributed by atoms with Crippen molar-refractivity contribution >= 4 is 11.7 Å². The second-order valence-corrected chi connectivity index (χ2v) is 5.71. The Labute approximate surface area is 143 Å². The van der Waals surface area contributed by atoms with Gasteiger partial charge in [-0.2, -0.15) is 0 Å². The van der Waals surface area contributed by atoms with Gasteiger partial charge in [-0.3, -0.25) is 4.79 Å². The van der Waals surface area contributed by atoms with Crippen LogP contribution in [0.25, 0.3) is 0 Å². The molecule has 1 aromatic heterocycles. The first-order valence-corrected chi connectivity index (χ1v) is 8.28. The SMILES string of the molecule is CCOc1ccc(CCCC(=O)NCc2cccnc2N)cc1C. The molecule has 0 saturated heterocycles. The van der Waals surface area contributed by atoms with Gasteiger partial charge in [-0.15, -0.1) is 0 Å². The number of nitrogens with one attached hydrogen (secondary N) is 1. The highest BCUT2D eigenvalue weighted by Gasteiger charge is 2.05. The number of nitrogens with zero attached hydrogens (tertiary/aromatic N) is 1. The van der Waals surface area contributed by atoms with Gasteiger partial charge in [-0.1, -0.05) is 18.2 Å². The normalized spacial score (nSPS) is 10.4. The number of aromatic nitrogens is 1. The molecule has 0 bridgehead atoms. The van der Waals surface area contributed by atoms with Crippen LogP contribution in [0.2, 0.25) is 0 Å². The molecule has 128 valence electrons. The zero-order valence-electron chi connectivity index (χ0n) is 14.3. The number of hydrogen-bond donors (Lipinski definition) is 2. The average Bonchev–Trinajstić information content (AvgIpc) is 2.57. The molecule has 1 amide bonds. The van der Waals surface area contributed by atoms with Crippen LogP contribution in [0.15, 0.2) is 36.5 Å². The molecule has 5 heteroatoms. The smallest absolute Gasteiger partial charge is 0.220 e. The van der Waals surface area contributed by atoms with E-state index in [1.54, 1.807) is 6.20 Å². The summed E-state index contributed by atoms with van der Waals surface area (Å²) in [5.41, 5.74) is 8.95. The molecule has 2 rings (SSSR count). The summed E-state index contributed by atoms with van der Waals surface area (Å²) in [6.45, 7) is 5.10. The van der Waals surface area contributed by atoms with E-state index in [0.29, 0.717) is 25.4 Å². The number of carbonyl (C=O) groups is 1. The lowest BCUT2D eigenvalue weighted by molar-refractivity contribution is -0.121. The molecule has 5 nitrogen and oxygen atoms in total. The lowest BCUT2D eigenvalue weighted by Gasteiger charge is -2.09. The molecule has 1 aromatic carbocycles. The van der Waals surface area contributed by atoms with Gasteiger partial charge in [-0.05, 0) is 49.9 Å². The van der Waals surface area contributed by atoms with E-state index in [4.69, 9.17) is 10.5 Å². The topological polar surface area (TPSA) is 77.2 Å². The Morgan fingerprint density at radius 1 is 1.33 bits per heavy atom. The van der Waals surface area contributed by atoms with Gasteiger partial charge in [0.2, 0.25) is 5.91 Å². The van der Waals surface area contributed by atoms with Crippen molar-refractivity contribution in [3.05, 3.63) is 53.2 Å². The summed E-state index contributed by atoms with van der Waals surface area (Å²) in [4.78, 5) is 15.9. The first-order valence-electron chi connectivity index (χ1n) is 8.28. The van der Waals surface area contributed by atoms with Crippen LogP contribution >= 0.6 is 0 Å². The predicted molar refractivity (Wildman–Crippen MR) is 95.8 cm³/mol. The first kappa shape index (κ1) is 17.8. The molecule has 3 N–H and O–H groups in total. The Kier molecular flexibility index (Phi) is 6.61. The van der Waals surface area contributed by atoms with Crippen molar-refractivity contribution in [2.75, 3.05) is 12.3 Å². The highest BCUT2D eigenvalue weighted by Crippen LogP contribution is 2.20. The summed E-state index contributed by atoms with van der Waals surface area (Å²) >= 11 is 0. The number of pyridine rings is 1. The van der Waals surface area contributed by atoms with Crippen LogP contribution in [0.3, 0.4) is 0 Å². The Morgan fingerprint density at radius 2 is 2.17 bits per heavy atom. The number of anilines is 1. The van der Waals surface area contributed by atoms with Crippen molar-refractivity contribution in [3.63, 3.8) is 0 Å². The maximum absolute atomic E-state index is 11.9. The molecular weight excluding hydrogens is 302 g/mol. The van der Waals surface area contributed by atoms with E-state index in [9.17, 15) is 4.79 Å². The van der Waals surface area contributed by atoms with E-state index in [1.807, 2.05) is 32.0 Å². The van der Waals surface area contributed by atoms with Crippen LogP contribution in [0.5, 0.6) is 5.75 Å². The van der Waals surface area contributed by atoms with Crippen LogP contribution in [0.1, 0.15) is 36.5 Å². The van der Waals surface area contributed by atoms with Crippen LogP contribution in [-0.2, 0) is 17.8 Å². The minimum Gasteiger partial charge on any atom is -0.494 e. The van der Waals surface area contributed by atoms with E-state index in [0.717, 1.165) is 29.7 Å². The van der Waals surface area contributed by atoms with Crippen molar-refractivity contribution in [3.8, 4) is 5.75 Å². The van der Waals surface area contributed by atoms with Gasteiger partial charge in [0.05, 0.1) is 6.61 Å². The van der Waals surface area contributed by atoms with Crippen molar-refractivity contribution in [2.45, 2.75) is 39.7 Å². The summed E-state index contributed by atoms with van der Waals surface area (Å²) in [5, 5.41) is 2.88. The van der Waals surface area contributed by atoms with Crippen LogP contribution in [-0.4, -0.2) is 17.5 Å². The molecule has 2 aromatic rings. The zero-order valence-corrected chi connectivity index (χ0v) is 14.3. The monoisotopic (exact) mass is 327 g/mol. The highest BCUT2D eigenvalue weighted by molar-refractivity contribution is 5.76. The minimum absolute atomic E-state index is 0.0286. The van der Waals surface area contributed by atoms with Crippen LogP contribution in [0.4, 0.5) is 5.82 Å². The molecule has 24 heavy (non-hydrogen) atoms. The summed E-state index contributed by atoms with van der Waals surface area (Å²) in [6.07, 6.45) is 3.81. The standard InChI is InChI=1S/C19H25N3O2/c1-3-24-17-10-9-15(12-14(17)2)6-4-8-18(23)22-13-16-7-5-11-21-19(16)20/h5,7,9-12H,3-4,6,8,13H2,1-2H3,(H2,20,21)(H,22,23). The van der Waals surface area contributed by atoms with Gasteiger partial charge in [-0.25, -0.2) is 4.98 Å². The molecule has 0 unspecified atom stereocenters. The largest absolute Gasteiger partial charge is 0.494 e. The zero-order chi connectivity index (χ0) is 17.4. The lowest BCUT2D eigenvalue weighted by atomic mass is 10.0. The Hall–Kier alpha value is -2.56. The highest BCUT2D eigenvalue weighted by atomic mass is 16.5. The molecule has 0 radical (unpaired) electrons. The predicted octanol–water partition coefficient (Wildman–Crippen LogP) is 3.01. The molecule has 0 aliphatic rings. The van der Waals surface area contributed by atoms with Crippen LogP contribution in [0, 0.1) is 6.92 Å². The molecule has 0 aliphatic carbocycles. The van der Waals surface area contributed by atoms with E-state index in [2.05, 4.69) is 22.4 Å². The fourth-order valence-electron chi connectivity index (χ4n) is 2.52. The fraction of sp³-hybridized carbons (Fsp3) is 0.368. The Morgan fingerprint density at radius 3 is 2.88 bits per heavy atom. The number of amides is 1. The maximum atomic E-state index is 11.9. The first-order chi connectivity index (χ1) is 11.6. The van der Waals surface area contributed by atoms with Crippen molar-refractivity contribution < 1.29 is 9.53 Å². The number of nitrogens with two attached hydrogens (primary N) is 1. The van der Waals surface area contributed by atoms with Gasteiger partial charge in [0.15, 0.2) is 0 Å². The summed E-state index contributed by atoms with van der Waals surface area (Å²) in [5.74, 6) is 1.41. The van der Waals surface area contributed by atoms with Crippen molar-refractivity contribution in [1.82, 2.24) is 10.3 Å².